The Morgan fingerprint density at radius 2 is 1.95 bits per heavy atom. The summed E-state index contributed by atoms with van der Waals surface area (Å²) in [6.07, 6.45) is 1.97. The van der Waals surface area contributed by atoms with Gasteiger partial charge in [-0.2, -0.15) is 4.52 Å². The summed E-state index contributed by atoms with van der Waals surface area (Å²) in [6.45, 7) is 2.67. The Bertz CT molecular complexity index is 735. The highest BCUT2D eigenvalue weighted by molar-refractivity contribution is 5.66. The fourth-order valence-corrected chi connectivity index (χ4v) is 2.36. The molecule has 0 radical (unpaired) electrons. The minimum absolute atomic E-state index is 0.748. The Morgan fingerprint density at radius 1 is 1.14 bits per heavy atom. The van der Waals surface area contributed by atoms with Crippen LogP contribution in [0.2, 0.25) is 0 Å². The maximum absolute atomic E-state index is 4.12. The molecule has 2 aromatic heterocycles. The highest BCUT2D eigenvalue weighted by atomic mass is 15.5. The fraction of sp³-hybridized carbons (Fsp3) is 0.312. The smallest absolute Gasteiger partial charge is 0.183 e. The van der Waals surface area contributed by atoms with Gasteiger partial charge >= 0.3 is 0 Å². The standard InChI is InChI=1S/C16H20N6/c1-21(2)9-8-17-11-14-10-15(13-6-4-3-5-7-13)12-22-16(14)18-19-20-22/h3-7,10,12,17H,8-9,11H2,1-2H3. The summed E-state index contributed by atoms with van der Waals surface area (Å²) in [7, 11) is 4.14. The Kier molecular flexibility index (Phi) is 4.41. The van der Waals surface area contributed by atoms with E-state index in [4.69, 9.17) is 0 Å². The monoisotopic (exact) mass is 296 g/mol. The summed E-state index contributed by atoms with van der Waals surface area (Å²) in [5.74, 6) is 0. The van der Waals surface area contributed by atoms with Gasteiger partial charge in [0.2, 0.25) is 0 Å². The SMILES string of the molecule is CN(C)CCNCc1cc(-c2ccccc2)cn2nnnc12. The molecule has 1 N–H and O–H groups in total. The first-order valence-corrected chi connectivity index (χ1v) is 7.35. The highest BCUT2D eigenvalue weighted by Crippen LogP contribution is 2.21. The van der Waals surface area contributed by atoms with E-state index in [1.165, 1.54) is 0 Å². The molecule has 0 fully saturated rings. The lowest BCUT2D eigenvalue weighted by molar-refractivity contribution is 0.400. The molecule has 2 heterocycles. The zero-order chi connectivity index (χ0) is 15.4. The second-order valence-corrected chi connectivity index (χ2v) is 5.55. The van der Waals surface area contributed by atoms with Gasteiger partial charge in [0.1, 0.15) is 0 Å². The number of hydrogen-bond acceptors (Lipinski definition) is 5. The molecule has 1 aromatic carbocycles. The Morgan fingerprint density at radius 3 is 2.73 bits per heavy atom. The number of nitrogens with zero attached hydrogens (tertiary/aromatic N) is 5. The molecule has 0 aliphatic carbocycles. The number of rotatable bonds is 6. The zero-order valence-corrected chi connectivity index (χ0v) is 12.9. The van der Waals surface area contributed by atoms with E-state index in [2.05, 4.69) is 58.0 Å². The van der Waals surface area contributed by atoms with Crippen molar-refractivity contribution in [2.75, 3.05) is 27.2 Å². The van der Waals surface area contributed by atoms with Gasteiger partial charge < -0.3 is 10.2 Å². The second kappa shape index (κ2) is 6.64. The molecule has 3 aromatic rings. The van der Waals surface area contributed by atoms with Crippen molar-refractivity contribution in [2.45, 2.75) is 6.54 Å². The van der Waals surface area contributed by atoms with Crippen LogP contribution in [-0.2, 0) is 6.54 Å². The van der Waals surface area contributed by atoms with Crippen molar-refractivity contribution in [1.29, 1.82) is 0 Å². The van der Waals surface area contributed by atoms with Gasteiger partial charge in [-0.25, -0.2) is 0 Å². The first kappa shape index (κ1) is 14.6. The highest BCUT2D eigenvalue weighted by Gasteiger charge is 2.08. The van der Waals surface area contributed by atoms with Crippen molar-refractivity contribution in [1.82, 2.24) is 30.3 Å². The van der Waals surface area contributed by atoms with Gasteiger partial charge in [0, 0.05) is 37.0 Å². The molecule has 0 saturated heterocycles. The number of nitrogens with one attached hydrogen (secondary N) is 1. The van der Waals surface area contributed by atoms with Crippen molar-refractivity contribution < 1.29 is 0 Å². The molecule has 0 atom stereocenters. The van der Waals surface area contributed by atoms with Crippen LogP contribution in [0.3, 0.4) is 0 Å². The minimum Gasteiger partial charge on any atom is -0.311 e. The molecule has 0 amide bonds. The molecule has 3 rings (SSSR count). The van der Waals surface area contributed by atoms with Crippen LogP contribution >= 0.6 is 0 Å². The van der Waals surface area contributed by atoms with Gasteiger partial charge in [-0.15, -0.1) is 5.10 Å². The van der Waals surface area contributed by atoms with Crippen LogP contribution in [0.1, 0.15) is 5.56 Å². The molecule has 0 aliphatic heterocycles. The van der Waals surface area contributed by atoms with Crippen LogP contribution in [0, 0.1) is 0 Å². The first-order chi connectivity index (χ1) is 10.7. The van der Waals surface area contributed by atoms with Gasteiger partial charge in [0.15, 0.2) is 5.65 Å². The quantitative estimate of drug-likeness (QED) is 0.698. The van der Waals surface area contributed by atoms with E-state index in [0.29, 0.717) is 0 Å². The van der Waals surface area contributed by atoms with Gasteiger partial charge in [0.05, 0.1) is 0 Å². The molecule has 0 spiro atoms. The maximum atomic E-state index is 4.12. The summed E-state index contributed by atoms with van der Waals surface area (Å²) in [5, 5.41) is 15.4. The van der Waals surface area contributed by atoms with Crippen molar-refractivity contribution in [3.8, 4) is 11.1 Å². The number of hydrogen-bond donors (Lipinski definition) is 1. The van der Waals surface area contributed by atoms with E-state index < -0.39 is 0 Å². The third-order valence-electron chi connectivity index (χ3n) is 3.53. The fourth-order valence-electron chi connectivity index (χ4n) is 2.36. The number of aromatic nitrogens is 4. The Balaban J connectivity index is 1.86. The molecule has 6 nitrogen and oxygen atoms in total. The molecule has 0 aliphatic rings. The normalized spacial score (nSPS) is 11.4. The molecule has 0 bridgehead atoms. The summed E-state index contributed by atoms with van der Waals surface area (Å²) >= 11 is 0. The largest absolute Gasteiger partial charge is 0.311 e. The van der Waals surface area contributed by atoms with Crippen LogP contribution in [-0.4, -0.2) is 52.1 Å². The number of pyridine rings is 1. The van der Waals surface area contributed by atoms with Crippen molar-refractivity contribution >= 4 is 5.65 Å². The molecule has 6 heteroatoms. The van der Waals surface area contributed by atoms with Crippen LogP contribution in [0.15, 0.2) is 42.6 Å². The number of fused-ring (bicyclic) bond motifs is 1. The minimum atomic E-state index is 0.748. The Hall–Kier alpha value is -2.31. The topological polar surface area (TPSA) is 58.4 Å². The average Bonchev–Trinajstić information content (AvgIpc) is 3.00. The van der Waals surface area contributed by atoms with E-state index in [1.54, 1.807) is 4.52 Å². The van der Waals surface area contributed by atoms with Crippen LogP contribution in [0.25, 0.3) is 16.8 Å². The van der Waals surface area contributed by atoms with Gasteiger partial charge in [0.25, 0.3) is 0 Å². The number of benzene rings is 1. The Labute approximate surface area is 129 Å². The number of likely N-dealkylation sites (N-methyl/N-ethyl adjacent to an activating group) is 1. The van der Waals surface area contributed by atoms with E-state index in [-0.39, 0.29) is 0 Å². The van der Waals surface area contributed by atoms with Crippen molar-refractivity contribution in [3.63, 3.8) is 0 Å². The predicted octanol–water partition coefficient (Wildman–Crippen LogP) is 1.44. The van der Waals surface area contributed by atoms with E-state index in [1.807, 2.05) is 24.4 Å². The van der Waals surface area contributed by atoms with E-state index >= 15 is 0 Å². The lowest BCUT2D eigenvalue weighted by Crippen LogP contribution is -2.26. The molecule has 114 valence electrons. The van der Waals surface area contributed by atoms with E-state index in [0.717, 1.165) is 42.0 Å². The molecule has 0 saturated carbocycles. The maximum Gasteiger partial charge on any atom is 0.183 e. The van der Waals surface area contributed by atoms with Crippen LogP contribution in [0.5, 0.6) is 0 Å². The van der Waals surface area contributed by atoms with E-state index in [9.17, 15) is 0 Å². The zero-order valence-electron chi connectivity index (χ0n) is 12.9. The van der Waals surface area contributed by atoms with Gasteiger partial charge in [-0.1, -0.05) is 30.3 Å². The summed E-state index contributed by atoms with van der Waals surface area (Å²) < 4.78 is 1.74. The van der Waals surface area contributed by atoms with Gasteiger partial charge in [-0.3, -0.25) is 0 Å². The summed E-state index contributed by atoms with van der Waals surface area (Å²) in [4.78, 5) is 2.15. The molecular weight excluding hydrogens is 276 g/mol. The summed E-state index contributed by atoms with van der Waals surface area (Å²) in [5.41, 5.74) is 4.18. The van der Waals surface area contributed by atoms with Crippen molar-refractivity contribution in [2.24, 2.45) is 0 Å². The molecular formula is C16H20N6. The molecule has 0 unspecified atom stereocenters. The number of tetrazole rings is 1. The van der Waals surface area contributed by atoms with Crippen LogP contribution < -0.4 is 5.32 Å². The lowest BCUT2D eigenvalue weighted by Gasteiger charge is -2.11. The summed E-state index contributed by atoms with van der Waals surface area (Å²) in [6, 6.07) is 12.4. The van der Waals surface area contributed by atoms with Crippen LogP contribution in [0.4, 0.5) is 0 Å². The molecule has 22 heavy (non-hydrogen) atoms. The third kappa shape index (κ3) is 3.29. The predicted molar refractivity (Wildman–Crippen MR) is 86.5 cm³/mol. The van der Waals surface area contributed by atoms with Gasteiger partial charge in [-0.05, 0) is 36.2 Å². The lowest BCUT2D eigenvalue weighted by atomic mass is 10.1. The first-order valence-electron chi connectivity index (χ1n) is 7.35. The average molecular weight is 296 g/mol. The third-order valence-corrected chi connectivity index (χ3v) is 3.53. The van der Waals surface area contributed by atoms with Crippen molar-refractivity contribution in [3.05, 3.63) is 48.2 Å². The second-order valence-electron chi connectivity index (χ2n) is 5.55.